The molecule has 0 aromatic heterocycles. The maximum absolute atomic E-state index is 11.2. The number of rotatable bonds is 7. The third kappa shape index (κ3) is 7.97. The van der Waals surface area contributed by atoms with Crippen LogP contribution in [0.1, 0.15) is 52.9 Å². The molecule has 0 spiro atoms. The lowest BCUT2D eigenvalue weighted by atomic mass is 10.0. The summed E-state index contributed by atoms with van der Waals surface area (Å²) < 4.78 is 0. The van der Waals surface area contributed by atoms with Gasteiger partial charge in [-0.05, 0) is 25.2 Å². The summed E-state index contributed by atoms with van der Waals surface area (Å²) >= 11 is 0. The molecule has 0 aliphatic rings. The molecule has 0 saturated carbocycles. The minimum absolute atomic E-state index is 0.216. The fourth-order valence-corrected chi connectivity index (χ4v) is 1.30. The number of carbonyl (C=O) groups excluding carboxylic acids is 1. The van der Waals surface area contributed by atoms with Gasteiger partial charge >= 0.3 is 0 Å². The first-order chi connectivity index (χ1) is 6.06. The highest BCUT2D eigenvalue weighted by atomic mass is 16.3. The van der Waals surface area contributed by atoms with E-state index < -0.39 is 0 Å². The van der Waals surface area contributed by atoms with E-state index in [4.69, 9.17) is 0 Å². The Hall–Kier alpha value is -0.370. The van der Waals surface area contributed by atoms with Gasteiger partial charge in [0.1, 0.15) is 5.78 Å². The van der Waals surface area contributed by atoms with Crippen molar-refractivity contribution in [2.75, 3.05) is 0 Å². The zero-order valence-corrected chi connectivity index (χ0v) is 9.05. The molecule has 0 radical (unpaired) electrons. The summed E-state index contributed by atoms with van der Waals surface area (Å²) in [7, 11) is 0. The van der Waals surface area contributed by atoms with Crippen LogP contribution < -0.4 is 0 Å². The molecule has 78 valence electrons. The van der Waals surface area contributed by atoms with Crippen molar-refractivity contribution in [3.63, 3.8) is 0 Å². The van der Waals surface area contributed by atoms with Crippen molar-refractivity contribution >= 4 is 5.78 Å². The fourth-order valence-electron chi connectivity index (χ4n) is 1.30. The second-order valence-corrected chi connectivity index (χ2v) is 4.09. The predicted molar refractivity (Wildman–Crippen MR) is 54.6 cm³/mol. The molecule has 0 fully saturated rings. The SMILES string of the molecule is CCC(O)CCCC(=O)CC(C)C. The van der Waals surface area contributed by atoms with Crippen molar-refractivity contribution in [3.8, 4) is 0 Å². The quantitative estimate of drug-likeness (QED) is 0.663. The third-order valence-corrected chi connectivity index (χ3v) is 2.10. The third-order valence-electron chi connectivity index (χ3n) is 2.10. The lowest BCUT2D eigenvalue weighted by molar-refractivity contribution is -0.119. The Bertz CT molecular complexity index is 141. The number of ketones is 1. The van der Waals surface area contributed by atoms with Gasteiger partial charge in [-0.2, -0.15) is 0 Å². The Kier molecular flexibility index (Phi) is 6.87. The van der Waals surface area contributed by atoms with E-state index in [1.807, 2.05) is 6.92 Å². The lowest BCUT2D eigenvalue weighted by Crippen LogP contribution is -2.07. The summed E-state index contributed by atoms with van der Waals surface area (Å²) in [4.78, 5) is 11.2. The van der Waals surface area contributed by atoms with Crippen molar-refractivity contribution in [1.29, 1.82) is 0 Å². The Morgan fingerprint density at radius 2 is 2.00 bits per heavy atom. The first kappa shape index (κ1) is 12.6. The summed E-state index contributed by atoms with van der Waals surface area (Å²) in [6.07, 6.45) is 3.49. The zero-order valence-electron chi connectivity index (χ0n) is 9.05. The number of Topliss-reactive ketones (excluding diaryl/α,β-unsaturated/α-hetero) is 1. The lowest BCUT2D eigenvalue weighted by Gasteiger charge is -2.07. The number of hydrogen-bond donors (Lipinski definition) is 1. The summed E-state index contributed by atoms with van der Waals surface area (Å²) in [5, 5.41) is 9.24. The van der Waals surface area contributed by atoms with E-state index in [-0.39, 0.29) is 6.10 Å². The predicted octanol–water partition coefficient (Wildman–Crippen LogP) is 2.54. The van der Waals surface area contributed by atoms with Crippen molar-refractivity contribution in [1.82, 2.24) is 0 Å². The molecule has 2 nitrogen and oxygen atoms in total. The highest BCUT2D eigenvalue weighted by Crippen LogP contribution is 2.08. The average Bonchev–Trinajstić information content (AvgIpc) is 2.02. The van der Waals surface area contributed by atoms with Gasteiger partial charge in [0, 0.05) is 12.8 Å². The molecule has 0 rings (SSSR count). The van der Waals surface area contributed by atoms with Gasteiger partial charge in [0.2, 0.25) is 0 Å². The zero-order chi connectivity index (χ0) is 10.3. The molecule has 0 heterocycles. The Morgan fingerprint density at radius 1 is 1.38 bits per heavy atom. The van der Waals surface area contributed by atoms with E-state index in [0.717, 1.165) is 19.3 Å². The van der Waals surface area contributed by atoms with E-state index in [0.29, 0.717) is 24.5 Å². The van der Waals surface area contributed by atoms with E-state index in [2.05, 4.69) is 13.8 Å². The van der Waals surface area contributed by atoms with Crippen molar-refractivity contribution < 1.29 is 9.90 Å². The monoisotopic (exact) mass is 186 g/mol. The Morgan fingerprint density at radius 3 is 2.46 bits per heavy atom. The van der Waals surface area contributed by atoms with Crippen molar-refractivity contribution in [3.05, 3.63) is 0 Å². The van der Waals surface area contributed by atoms with E-state index >= 15 is 0 Å². The van der Waals surface area contributed by atoms with Gasteiger partial charge in [-0.3, -0.25) is 4.79 Å². The van der Waals surface area contributed by atoms with Gasteiger partial charge in [-0.15, -0.1) is 0 Å². The van der Waals surface area contributed by atoms with Crippen LogP contribution in [0.4, 0.5) is 0 Å². The molecule has 0 aromatic carbocycles. The van der Waals surface area contributed by atoms with Gasteiger partial charge in [0.15, 0.2) is 0 Å². The minimum atomic E-state index is -0.216. The minimum Gasteiger partial charge on any atom is -0.393 e. The molecule has 2 heteroatoms. The summed E-state index contributed by atoms with van der Waals surface area (Å²) in [5.41, 5.74) is 0. The molecule has 0 aliphatic heterocycles. The number of hydrogen-bond acceptors (Lipinski definition) is 2. The van der Waals surface area contributed by atoms with Gasteiger partial charge in [0.05, 0.1) is 6.10 Å². The second-order valence-electron chi connectivity index (χ2n) is 4.09. The highest BCUT2D eigenvalue weighted by molar-refractivity contribution is 5.78. The molecule has 1 N–H and O–H groups in total. The van der Waals surface area contributed by atoms with Crippen LogP contribution in [-0.4, -0.2) is 17.0 Å². The maximum atomic E-state index is 11.2. The van der Waals surface area contributed by atoms with Gasteiger partial charge in [0.25, 0.3) is 0 Å². The summed E-state index contributed by atoms with van der Waals surface area (Å²) in [5.74, 6) is 0.793. The molecule has 1 atom stereocenters. The smallest absolute Gasteiger partial charge is 0.133 e. The van der Waals surface area contributed by atoms with Crippen molar-refractivity contribution in [2.45, 2.75) is 59.0 Å². The number of aliphatic hydroxyl groups excluding tert-OH is 1. The molecular formula is C11H22O2. The molecular weight excluding hydrogens is 164 g/mol. The maximum Gasteiger partial charge on any atom is 0.133 e. The molecule has 1 unspecified atom stereocenters. The van der Waals surface area contributed by atoms with E-state index in [1.54, 1.807) is 0 Å². The molecule has 0 amide bonds. The topological polar surface area (TPSA) is 37.3 Å². The summed E-state index contributed by atoms with van der Waals surface area (Å²) in [6.45, 7) is 6.07. The first-order valence-corrected chi connectivity index (χ1v) is 5.26. The van der Waals surface area contributed by atoms with Crippen LogP contribution in [0.5, 0.6) is 0 Å². The van der Waals surface area contributed by atoms with Gasteiger partial charge in [-0.25, -0.2) is 0 Å². The van der Waals surface area contributed by atoms with Crippen LogP contribution in [0, 0.1) is 5.92 Å². The van der Waals surface area contributed by atoms with Crippen LogP contribution in [-0.2, 0) is 4.79 Å². The van der Waals surface area contributed by atoms with Crippen LogP contribution in [0.3, 0.4) is 0 Å². The Balaban J connectivity index is 3.37. The second kappa shape index (κ2) is 7.07. The summed E-state index contributed by atoms with van der Waals surface area (Å²) in [6, 6.07) is 0. The molecule has 0 bridgehead atoms. The Labute approximate surface area is 81.3 Å². The van der Waals surface area contributed by atoms with Crippen LogP contribution in [0.15, 0.2) is 0 Å². The molecule has 0 aliphatic carbocycles. The number of carbonyl (C=O) groups is 1. The molecule has 0 aromatic rings. The van der Waals surface area contributed by atoms with E-state index in [1.165, 1.54) is 0 Å². The van der Waals surface area contributed by atoms with Crippen LogP contribution in [0.2, 0.25) is 0 Å². The van der Waals surface area contributed by atoms with Gasteiger partial charge in [-0.1, -0.05) is 20.8 Å². The van der Waals surface area contributed by atoms with Crippen LogP contribution in [0.25, 0.3) is 0 Å². The number of aliphatic hydroxyl groups is 1. The largest absolute Gasteiger partial charge is 0.393 e. The standard InChI is InChI=1S/C11H22O2/c1-4-10(12)6-5-7-11(13)8-9(2)3/h9-10,12H,4-8H2,1-3H3. The molecule has 13 heavy (non-hydrogen) atoms. The first-order valence-electron chi connectivity index (χ1n) is 5.26. The van der Waals surface area contributed by atoms with Crippen LogP contribution >= 0.6 is 0 Å². The van der Waals surface area contributed by atoms with Gasteiger partial charge < -0.3 is 5.11 Å². The average molecular weight is 186 g/mol. The van der Waals surface area contributed by atoms with E-state index in [9.17, 15) is 9.90 Å². The normalized spacial score (nSPS) is 13.3. The molecule has 0 saturated heterocycles. The van der Waals surface area contributed by atoms with Crippen molar-refractivity contribution in [2.24, 2.45) is 5.92 Å². The highest BCUT2D eigenvalue weighted by Gasteiger charge is 2.06. The fraction of sp³-hybridized carbons (Fsp3) is 0.909.